The first kappa shape index (κ1) is 6.60. The summed E-state index contributed by atoms with van der Waals surface area (Å²) in [6.07, 6.45) is 0. The molecule has 0 aliphatic rings. The molecule has 1 heterocycles. The third-order valence-electron chi connectivity index (χ3n) is 1.23. The highest BCUT2D eigenvalue weighted by Crippen LogP contribution is 1.98. The van der Waals surface area contributed by atoms with Crippen LogP contribution in [0.4, 0.5) is 11.8 Å². The highest BCUT2D eigenvalue weighted by atomic mass is 16.1. The SMILES string of the molecule is Cn1c(N)cc(=O)nc1N. The number of rotatable bonds is 0. The van der Waals surface area contributed by atoms with Crippen LogP contribution in [0.1, 0.15) is 0 Å². The Hall–Kier alpha value is -1.52. The quantitative estimate of drug-likeness (QED) is 0.481. The van der Waals surface area contributed by atoms with Crippen molar-refractivity contribution in [2.45, 2.75) is 0 Å². The van der Waals surface area contributed by atoms with E-state index < -0.39 is 5.56 Å². The Morgan fingerprint density at radius 1 is 1.60 bits per heavy atom. The minimum atomic E-state index is -0.409. The van der Waals surface area contributed by atoms with Gasteiger partial charge >= 0.3 is 0 Å². The number of nitrogen functional groups attached to an aromatic ring is 2. The predicted octanol–water partition coefficient (Wildman–Crippen LogP) is -1.06. The van der Waals surface area contributed by atoms with E-state index in [1.165, 1.54) is 10.6 Å². The maximum absolute atomic E-state index is 10.6. The van der Waals surface area contributed by atoms with Crippen molar-refractivity contribution in [2.75, 3.05) is 11.5 Å². The summed E-state index contributed by atoms with van der Waals surface area (Å²) >= 11 is 0. The van der Waals surface area contributed by atoms with Crippen molar-refractivity contribution in [2.24, 2.45) is 7.05 Å². The summed E-state index contributed by atoms with van der Waals surface area (Å²) < 4.78 is 1.43. The van der Waals surface area contributed by atoms with E-state index in [4.69, 9.17) is 11.5 Å². The number of nitrogens with two attached hydrogens (primary N) is 2. The standard InChI is InChI=1S/C5H8N4O/c1-9-3(6)2-4(10)8-5(9)7/h2H,6H2,1H3,(H2,7,8,10). The zero-order valence-corrected chi connectivity index (χ0v) is 5.53. The minimum Gasteiger partial charge on any atom is -0.385 e. The topological polar surface area (TPSA) is 86.9 Å². The van der Waals surface area contributed by atoms with Crippen LogP contribution in [-0.4, -0.2) is 9.55 Å². The lowest BCUT2D eigenvalue weighted by molar-refractivity contribution is 0.887. The molecule has 54 valence electrons. The molecule has 0 saturated heterocycles. The van der Waals surface area contributed by atoms with Crippen LogP contribution < -0.4 is 17.0 Å². The largest absolute Gasteiger partial charge is 0.385 e. The summed E-state index contributed by atoms with van der Waals surface area (Å²) in [7, 11) is 1.64. The fourth-order valence-corrected chi connectivity index (χ4v) is 0.576. The molecule has 0 aliphatic heterocycles. The Kier molecular flexibility index (Phi) is 1.33. The van der Waals surface area contributed by atoms with Crippen LogP contribution in [0.15, 0.2) is 10.9 Å². The van der Waals surface area contributed by atoms with E-state index in [2.05, 4.69) is 4.98 Å². The van der Waals surface area contributed by atoms with Gasteiger partial charge in [0.2, 0.25) is 5.95 Å². The predicted molar refractivity (Wildman–Crippen MR) is 38.3 cm³/mol. The zero-order chi connectivity index (χ0) is 7.72. The van der Waals surface area contributed by atoms with Gasteiger partial charge in [-0.05, 0) is 0 Å². The van der Waals surface area contributed by atoms with Crippen LogP contribution in [0.3, 0.4) is 0 Å². The Bertz CT molecular complexity index is 277. The molecule has 4 N–H and O–H groups in total. The average Bonchev–Trinajstić information content (AvgIpc) is 1.82. The van der Waals surface area contributed by atoms with E-state index in [0.717, 1.165) is 0 Å². The number of hydrogen-bond acceptors (Lipinski definition) is 4. The van der Waals surface area contributed by atoms with Crippen molar-refractivity contribution in [3.05, 3.63) is 16.4 Å². The lowest BCUT2D eigenvalue weighted by Crippen LogP contribution is -2.17. The molecule has 0 saturated carbocycles. The van der Waals surface area contributed by atoms with Gasteiger partial charge in [-0.2, -0.15) is 4.98 Å². The van der Waals surface area contributed by atoms with E-state index in [-0.39, 0.29) is 5.95 Å². The minimum absolute atomic E-state index is 0.130. The van der Waals surface area contributed by atoms with Gasteiger partial charge in [-0.25, -0.2) is 0 Å². The maximum Gasteiger partial charge on any atom is 0.276 e. The smallest absolute Gasteiger partial charge is 0.276 e. The second kappa shape index (κ2) is 2.02. The van der Waals surface area contributed by atoms with E-state index in [0.29, 0.717) is 5.82 Å². The molecule has 1 aromatic rings. The van der Waals surface area contributed by atoms with Crippen molar-refractivity contribution in [3.63, 3.8) is 0 Å². The molecule has 5 heteroatoms. The van der Waals surface area contributed by atoms with Gasteiger partial charge in [-0.15, -0.1) is 0 Å². The Balaban J connectivity index is 3.46. The first-order chi connectivity index (χ1) is 4.61. The van der Waals surface area contributed by atoms with Gasteiger partial charge in [0.25, 0.3) is 5.56 Å². The van der Waals surface area contributed by atoms with Gasteiger partial charge in [-0.3, -0.25) is 4.79 Å². The normalized spacial score (nSPS) is 9.70. The summed E-state index contributed by atoms with van der Waals surface area (Å²) in [5.74, 6) is 0.447. The van der Waals surface area contributed by atoms with Gasteiger partial charge in [-0.1, -0.05) is 0 Å². The third-order valence-corrected chi connectivity index (χ3v) is 1.23. The van der Waals surface area contributed by atoms with Gasteiger partial charge in [0.15, 0.2) is 0 Å². The molecule has 0 aromatic carbocycles. The number of anilines is 2. The monoisotopic (exact) mass is 140 g/mol. The molecule has 0 atom stereocenters. The Morgan fingerprint density at radius 2 is 2.20 bits per heavy atom. The summed E-state index contributed by atoms with van der Waals surface area (Å²) in [6.45, 7) is 0. The van der Waals surface area contributed by atoms with Crippen LogP contribution in [0, 0.1) is 0 Å². The Labute approximate surface area is 57.3 Å². The fraction of sp³-hybridized carbons (Fsp3) is 0.200. The van der Waals surface area contributed by atoms with Gasteiger partial charge in [0.05, 0.1) is 0 Å². The number of nitrogens with zero attached hydrogens (tertiary/aromatic N) is 2. The second-order valence-corrected chi connectivity index (χ2v) is 1.94. The molecular weight excluding hydrogens is 132 g/mol. The van der Waals surface area contributed by atoms with Gasteiger partial charge < -0.3 is 16.0 Å². The summed E-state index contributed by atoms with van der Waals surface area (Å²) in [6, 6.07) is 1.22. The second-order valence-electron chi connectivity index (χ2n) is 1.94. The number of aromatic nitrogens is 2. The van der Waals surface area contributed by atoms with Crippen molar-refractivity contribution in [1.29, 1.82) is 0 Å². The van der Waals surface area contributed by atoms with Crippen LogP contribution in [0.2, 0.25) is 0 Å². The van der Waals surface area contributed by atoms with E-state index in [9.17, 15) is 4.79 Å². The molecule has 0 aliphatic carbocycles. The number of hydrogen-bond donors (Lipinski definition) is 2. The molecular formula is C5H8N4O. The zero-order valence-electron chi connectivity index (χ0n) is 5.53. The highest BCUT2D eigenvalue weighted by Gasteiger charge is 1.96. The van der Waals surface area contributed by atoms with Gasteiger partial charge in [0.1, 0.15) is 5.82 Å². The summed E-state index contributed by atoms with van der Waals surface area (Å²) in [4.78, 5) is 14.0. The Morgan fingerprint density at radius 3 is 2.70 bits per heavy atom. The molecule has 1 aromatic heterocycles. The molecule has 0 bridgehead atoms. The molecule has 0 spiro atoms. The van der Waals surface area contributed by atoms with Crippen LogP contribution >= 0.6 is 0 Å². The van der Waals surface area contributed by atoms with Crippen molar-refractivity contribution in [1.82, 2.24) is 9.55 Å². The maximum atomic E-state index is 10.6. The first-order valence-electron chi connectivity index (χ1n) is 2.70. The molecule has 0 amide bonds. The van der Waals surface area contributed by atoms with Crippen molar-refractivity contribution >= 4 is 11.8 Å². The molecule has 5 nitrogen and oxygen atoms in total. The van der Waals surface area contributed by atoms with E-state index in [1.807, 2.05) is 0 Å². The van der Waals surface area contributed by atoms with E-state index in [1.54, 1.807) is 7.05 Å². The molecule has 1 rings (SSSR count). The van der Waals surface area contributed by atoms with Crippen LogP contribution in [-0.2, 0) is 7.05 Å². The van der Waals surface area contributed by atoms with Crippen LogP contribution in [0.5, 0.6) is 0 Å². The average molecular weight is 140 g/mol. The molecule has 0 radical (unpaired) electrons. The van der Waals surface area contributed by atoms with E-state index >= 15 is 0 Å². The van der Waals surface area contributed by atoms with Gasteiger partial charge in [0, 0.05) is 13.1 Å². The lowest BCUT2D eigenvalue weighted by atomic mass is 10.5. The molecule has 0 fully saturated rings. The fourth-order valence-electron chi connectivity index (χ4n) is 0.576. The third kappa shape index (κ3) is 0.928. The molecule has 0 unspecified atom stereocenters. The van der Waals surface area contributed by atoms with Crippen molar-refractivity contribution < 1.29 is 0 Å². The molecule has 10 heavy (non-hydrogen) atoms. The summed E-state index contributed by atoms with van der Waals surface area (Å²) in [5, 5.41) is 0. The lowest BCUT2D eigenvalue weighted by Gasteiger charge is -2.03. The highest BCUT2D eigenvalue weighted by molar-refractivity contribution is 5.34. The van der Waals surface area contributed by atoms with Crippen molar-refractivity contribution in [3.8, 4) is 0 Å². The van der Waals surface area contributed by atoms with Crippen LogP contribution in [0.25, 0.3) is 0 Å². The summed E-state index contributed by atoms with van der Waals surface area (Å²) in [5.41, 5.74) is 10.2. The first-order valence-corrected chi connectivity index (χ1v) is 2.70.